The Morgan fingerprint density at radius 3 is 2.70 bits per heavy atom. The summed E-state index contributed by atoms with van der Waals surface area (Å²) in [6.45, 7) is 9.03. The topological polar surface area (TPSA) is 58.6 Å². The van der Waals surface area contributed by atoms with Gasteiger partial charge < -0.3 is 19.7 Å². The number of rotatable bonds is 6. The molecule has 0 spiro atoms. The Bertz CT molecular complexity index is 744. The van der Waals surface area contributed by atoms with Crippen molar-refractivity contribution >= 4 is 23.8 Å². The second-order valence-electron chi connectivity index (χ2n) is 7.12. The lowest BCUT2D eigenvalue weighted by Crippen LogP contribution is -2.31. The molecule has 2 aliphatic rings. The van der Waals surface area contributed by atoms with E-state index in [9.17, 15) is 4.79 Å². The number of carbonyl (C=O) groups is 2. The Morgan fingerprint density at radius 2 is 2.03 bits per heavy atom. The minimum atomic E-state index is 0.0381. The van der Waals surface area contributed by atoms with Crippen molar-refractivity contribution in [3.05, 3.63) is 71.4 Å². The molecule has 1 N–H and O–H groups in total. The SMILES string of the molecule is C=C/C(=C\C=C(/C)Cl)OC1=C(NC(=O)C2CCCN(C)CC2)CC=CC=C1.CC=O. The highest BCUT2D eigenvalue weighted by Crippen LogP contribution is 2.21. The van der Waals surface area contributed by atoms with Crippen LogP contribution in [0.25, 0.3) is 0 Å². The van der Waals surface area contributed by atoms with Crippen LogP contribution in [-0.4, -0.2) is 37.2 Å². The molecular weight excluding hydrogens is 400 g/mol. The van der Waals surface area contributed by atoms with Crippen molar-refractivity contribution in [2.24, 2.45) is 5.92 Å². The van der Waals surface area contributed by atoms with Gasteiger partial charge in [0, 0.05) is 17.4 Å². The van der Waals surface area contributed by atoms with E-state index in [1.165, 1.54) is 6.92 Å². The number of likely N-dealkylation sites (tertiary alicyclic amines) is 1. The lowest BCUT2D eigenvalue weighted by molar-refractivity contribution is -0.124. The number of nitrogens with zero attached hydrogens (tertiary/aromatic N) is 1. The summed E-state index contributed by atoms with van der Waals surface area (Å²) in [6.07, 6.45) is 17.0. The number of amides is 1. The van der Waals surface area contributed by atoms with Gasteiger partial charge in [-0.15, -0.1) is 0 Å². The van der Waals surface area contributed by atoms with Crippen molar-refractivity contribution in [1.82, 2.24) is 10.2 Å². The third-order valence-electron chi connectivity index (χ3n) is 4.62. The second-order valence-corrected chi connectivity index (χ2v) is 7.72. The molecule has 0 aromatic carbocycles. The normalized spacial score (nSPS) is 20.5. The molecule has 5 nitrogen and oxygen atoms in total. The van der Waals surface area contributed by atoms with Crippen LogP contribution < -0.4 is 5.32 Å². The van der Waals surface area contributed by atoms with Gasteiger partial charge in [-0.05, 0) is 77.6 Å². The highest BCUT2D eigenvalue weighted by molar-refractivity contribution is 6.29. The Hall–Kier alpha value is -2.37. The molecule has 0 aromatic heterocycles. The molecule has 1 fully saturated rings. The summed E-state index contributed by atoms with van der Waals surface area (Å²) < 4.78 is 5.98. The average Bonchev–Trinajstić information content (AvgIpc) is 3.06. The monoisotopic (exact) mass is 432 g/mol. The summed E-state index contributed by atoms with van der Waals surface area (Å²) in [4.78, 5) is 23.9. The molecule has 1 aliphatic heterocycles. The van der Waals surface area contributed by atoms with Crippen LogP contribution in [-0.2, 0) is 14.3 Å². The first-order valence-electron chi connectivity index (χ1n) is 10.2. The van der Waals surface area contributed by atoms with Crippen LogP contribution in [0.2, 0.25) is 0 Å². The minimum absolute atomic E-state index is 0.0381. The number of aldehydes is 1. The standard InChI is InChI=1S/C22H29ClN2O2.C2H4O/c1-4-19(13-12-17(2)23)27-21-11-7-5-6-10-20(21)24-22(26)18-9-8-15-25(3)16-14-18;1-2-3/h4-7,11-13,18H,1,8-10,14-16H2,2-3H3,(H,24,26);2H,1H3/b17-12+,19-13+;. The molecule has 0 radical (unpaired) electrons. The number of allylic oxidation sites excluding steroid dienone is 8. The molecular formula is C24H33ClN2O3. The molecule has 1 amide bonds. The summed E-state index contributed by atoms with van der Waals surface area (Å²) in [7, 11) is 2.11. The minimum Gasteiger partial charge on any atom is -0.456 e. The first kappa shape index (κ1) is 25.7. The fraction of sp³-hybridized carbons (Fsp3) is 0.417. The fourth-order valence-corrected chi connectivity index (χ4v) is 3.10. The first-order valence-corrected chi connectivity index (χ1v) is 10.6. The van der Waals surface area contributed by atoms with Crippen LogP contribution in [0.4, 0.5) is 0 Å². The van der Waals surface area contributed by atoms with Gasteiger partial charge in [-0.25, -0.2) is 0 Å². The quantitative estimate of drug-likeness (QED) is 0.364. The van der Waals surface area contributed by atoms with Gasteiger partial charge >= 0.3 is 0 Å². The number of carbonyl (C=O) groups excluding carboxylic acids is 2. The number of halogens is 1. The summed E-state index contributed by atoms with van der Waals surface area (Å²) >= 11 is 5.89. The molecule has 0 bridgehead atoms. The van der Waals surface area contributed by atoms with Crippen molar-refractivity contribution in [3.8, 4) is 0 Å². The highest BCUT2D eigenvalue weighted by Gasteiger charge is 2.23. The van der Waals surface area contributed by atoms with Crippen molar-refractivity contribution in [1.29, 1.82) is 0 Å². The summed E-state index contributed by atoms with van der Waals surface area (Å²) in [5, 5.41) is 3.76. The van der Waals surface area contributed by atoms with E-state index in [0.717, 1.165) is 44.3 Å². The van der Waals surface area contributed by atoms with E-state index in [1.807, 2.05) is 24.3 Å². The zero-order valence-electron chi connectivity index (χ0n) is 18.2. The lowest BCUT2D eigenvalue weighted by Gasteiger charge is -2.18. The zero-order chi connectivity index (χ0) is 22.4. The van der Waals surface area contributed by atoms with E-state index >= 15 is 0 Å². The molecule has 1 unspecified atom stereocenters. The largest absolute Gasteiger partial charge is 0.456 e. The van der Waals surface area contributed by atoms with Crippen molar-refractivity contribution in [2.75, 3.05) is 20.1 Å². The van der Waals surface area contributed by atoms with Crippen molar-refractivity contribution in [2.45, 2.75) is 39.5 Å². The predicted octanol–water partition coefficient (Wildman–Crippen LogP) is 5.00. The molecule has 1 saturated heterocycles. The molecule has 30 heavy (non-hydrogen) atoms. The number of hydrogen-bond acceptors (Lipinski definition) is 4. The van der Waals surface area contributed by atoms with E-state index in [4.69, 9.17) is 21.1 Å². The van der Waals surface area contributed by atoms with Gasteiger partial charge in [0.1, 0.15) is 17.8 Å². The zero-order valence-corrected chi connectivity index (χ0v) is 19.0. The third-order valence-corrected chi connectivity index (χ3v) is 4.74. The van der Waals surface area contributed by atoms with Crippen LogP contribution in [0.1, 0.15) is 39.5 Å². The van der Waals surface area contributed by atoms with E-state index in [-0.39, 0.29) is 11.8 Å². The van der Waals surface area contributed by atoms with Crippen LogP contribution in [0, 0.1) is 5.92 Å². The number of nitrogens with one attached hydrogen (secondary N) is 1. The molecule has 0 aromatic rings. The maximum Gasteiger partial charge on any atom is 0.227 e. The maximum atomic E-state index is 12.8. The Morgan fingerprint density at radius 1 is 1.30 bits per heavy atom. The maximum absolute atomic E-state index is 12.8. The number of hydrogen-bond donors (Lipinski definition) is 1. The molecule has 1 atom stereocenters. The van der Waals surface area contributed by atoms with Gasteiger partial charge in [0.15, 0.2) is 0 Å². The average molecular weight is 433 g/mol. The second kappa shape index (κ2) is 14.6. The molecule has 0 saturated carbocycles. The molecule has 2 rings (SSSR count). The third kappa shape index (κ3) is 9.90. The van der Waals surface area contributed by atoms with Crippen molar-refractivity contribution in [3.63, 3.8) is 0 Å². The first-order chi connectivity index (χ1) is 14.4. The van der Waals surface area contributed by atoms with Gasteiger partial charge in [0.25, 0.3) is 0 Å². The predicted molar refractivity (Wildman–Crippen MR) is 124 cm³/mol. The fourth-order valence-electron chi connectivity index (χ4n) is 3.04. The van der Waals surface area contributed by atoms with E-state index in [0.29, 0.717) is 23.0 Å². The molecule has 1 heterocycles. The number of ether oxygens (including phenoxy) is 1. The molecule has 164 valence electrons. The van der Waals surface area contributed by atoms with Crippen LogP contribution >= 0.6 is 11.6 Å². The highest BCUT2D eigenvalue weighted by atomic mass is 35.5. The van der Waals surface area contributed by atoms with E-state index in [1.54, 1.807) is 25.2 Å². The van der Waals surface area contributed by atoms with Gasteiger partial charge in [0.2, 0.25) is 5.91 Å². The van der Waals surface area contributed by atoms with Crippen LogP contribution in [0.3, 0.4) is 0 Å². The van der Waals surface area contributed by atoms with E-state index < -0.39 is 0 Å². The van der Waals surface area contributed by atoms with Gasteiger partial charge in [-0.3, -0.25) is 4.79 Å². The summed E-state index contributed by atoms with van der Waals surface area (Å²) in [6, 6.07) is 0. The van der Waals surface area contributed by atoms with Crippen LogP contribution in [0.5, 0.6) is 0 Å². The van der Waals surface area contributed by atoms with Gasteiger partial charge in [0.05, 0.1) is 5.70 Å². The van der Waals surface area contributed by atoms with Crippen LogP contribution in [0.15, 0.2) is 71.4 Å². The molecule has 1 aliphatic carbocycles. The van der Waals surface area contributed by atoms with Gasteiger partial charge in [-0.1, -0.05) is 36.4 Å². The Balaban J connectivity index is 0.00000141. The van der Waals surface area contributed by atoms with Gasteiger partial charge in [-0.2, -0.15) is 0 Å². The molecule has 6 heteroatoms. The van der Waals surface area contributed by atoms with Crippen molar-refractivity contribution < 1.29 is 14.3 Å². The lowest BCUT2D eigenvalue weighted by atomic mass is 9.99. The summed E-state index contributed by atoms with van der Waals surface area (Å²) in [5.41, 5.74) is 0.766. The summed E-state index contributed by atoms with van der Waals surface area (Å²) in [5.74, 6) is 1.30. The smallest absolute Gasteiger partial charge is 0.227 e. The van der Waals surface area contributed by atoms with E-state index in [2.05, 4.69) is 23.8 Å². The Kier molecular flexibility index (Phi) is 12.5. The Labute approximate surface area is 185 Å².